The van der Waals surface area contributed by atoms with Gasteiger partial charge >= 0.3 is 0 Å². The summed E-state index contributed by atoms with van der Waals surface area (Å²) in [6.07, 6.45) is 7.26. The number of furan rings is 1. The van der Waals surface area contributed by atoms with E-state index in [0.29, 0.717) is 18.4 Å². The first-order chi connectivity index (χ1) is 18.7. The molecule has 0 unspecified atom stereocenters. The molecule has 38 heavy (non-hydrogen) atoms. The summed E-state index contributed by atoms with van der Waals surface area (Å²) in [5.41, 5.74) is 7.82. The molecule has 0 bridgehead atoms. The van der Waals surface area contributed by atoms with Gasteiger partial charge in [0, 0.05) is 23.1 Å². The van der Waals surface area contributed by atoms with Crippen LogP contribution in [-0.4, -0.2) is 19.9 Å². The fourth-order valence-corrected chi connectivity index (χ4v) is 5.04. The summed E-state index contributed by atoms with van der Waals surface area (Å²) in [5.74, 6) is 3.72. The average molecular weight is 508 g/mol. The number of hydrogen-bond acceptors (Lipinski definition) is 5. The van der Waals surface area contributed by atoms with Gasteiger partial charge in [-0.15, -0.1) is 0 Å². The summed E-state index contributed by atoms with van der Waals surface area (Å²) in [6, 6.07) is 25.0. The van der Waals surface area contributed by atoms with Crippen LogP contribution in [0, 0.1) is 0 Å². The van der Waals surface area contributed by atoms with Crippen molar-refractivity contribution in [3.8, 4) is 11.5 Å². The van der Waals surface area contributed by atoms with Crippen molar-refractivity contribution < 1.29 is 18.7 Å². The number of rotatable bonds is 11. The van der Waals surface area contributed by atoms with E-state index in [1.54, 1.807) is 20.5 Å². The summed E-state index contributed by atoms with van der Waals surface area (Å²) < 4.78 is 16.9. The molecule has 0 N–H and O–H groups in total. The average Bonchev–Trinajstić information content (AvgIpc) is 3.90. The molecular weight excluding hydrogens is 474 g/mol. The van der Waals surface area contributed by atoms with E-state index in [-0.39, 0.29) is 0 Å². The van der Waals surface area contributed by atoms with Crippen molar-refractivity contribution in [3.63, 3.8) is 0 Å². The van der Waals surface area contributed by atoms with Crippen molar-refractivity contribution in [2.45, 2.75) is 50.5 Å². The standard InChI is InChI=1S/C33H33NO4/c1-35-26-12-14-29(31(18-26)24-8-9-24)33(30-15-13-27(36-2)19-32(30)25-10-11-25)34-38-21-23-17-28(37-20-23)16-22-6-4-3-5-7-22/h3-7,12-15,17-20,24-25H,8-11,16,21H2,1-2H3. The summed E-state index contributed by atoms with van der Waals surface area (Å²) in [5, 5.41) is 4.80. The van der Waals surface area contributed by atoms with Crippen LogP contribution in [-0.2, 0) is 17.9 Å². The predicted octanol–water partition coefficient (Wildman–Crippen LogP) is 7.61. The Morgan fingerprint density at radius 2 is 1.37 bits per heavy atom. The van der Waals surface area contributed by atoms with Crippen LogP contribution in [0.25, 0.3) is 0 Å². The molecule has 0 amide bonds. The van der Waals surface area contributed by atoms with Crippen LogP contribution >= 0.6 is 0 Å². The van der Waals surface area contributed by atoms with E-state index < -0.39 is 0 Å². The van der Waals surface area contributed by atoms with E-state index in [2.05, 4.69) is 36.4 Å². The zero-order valence-electron chi connectivity index (χ0n) is 22.0. The molecule has 4 aromatic rings. The van der Waals surface area contributed by atoms with Gasteiger partial charge in [0.2, 0.25) is 0 Å². The van der Waals surface area contributed by atoms with Crippen LogP contribution in [0.4, 0.5) is 0 Å². The molecule has 1 heterocycles. The molecule has 0 atom stereocenters. The van der Waals surface area contributed by atoms with Gasteiger partial charge in [0.25, 0.3) is 0 Å². The largest absolute Gasteiger partial charge is 0.497 e. The molecule has 1 aromatic heterocycles. The van der Waals surface area contributed by atoms with E-state index in [1.807, 2.05) is 36.4 Å². The molecule has 2 saturated carbocycles. The summed E-state index contributed by atoms with van der Waals surface area (Å²) in [6.45, 7) is 0.339. The number of oxime groups is 1. The third-order valence-corrected chi connectivity index (χ3v) is 7.38. The molecule has 6 rings (SSSR count). The quantitative estimate of drug-likeness (QED) is 0.155. The Hall–Kier alpha value is -3.99. The molecule has 3 aromatic carbocycles. The van der Waals surface area contributed by atoms with E-state index in [1.165, 1.54) is 42.4 Å². The summed E-state index contributed by atoms with van der Waals surface area (Å²) in [7, 11) is 3.44. The molecule has 2 aliphatic carbocycles. The number of methoxy groups -OCH3 is 2. The molecule has 194 valence electrons. The summed E-state index contributed by atoms with van der Waals surface area (Å²) in [4.78, 5) is 6.04. The van der Waals surface area contributed by atoms with E-state index >= 15 is 0 Å². The lowest BCUT2D eigenvalue weighted by Crippen LogP contribution is -2.11. The predicted molar refractivity (Wildman–Crippen MR) is 148 cm³/mol. The van der Waals surface area contributed by atoms with E-state index in [0.717, 1.165) is 46.1 Å². The third-order valence-electron chi connectivity index (χ3n) is 7.38. The van der Waals surface area contributed by atoms with Crippen LogP contribution in [0.5, 0.6) is 11.5 Å². The second kappa shape index (κ2) is 10.8. The summed E-state index contributed by atoms with van der Waals surface area (Å²) >= 11 is 0. The van der Waals surface area contributed by atoms with Gasteiger partial charge in [0.1, 0.15) is 29.6 Å². The molecule has 5 heteroatoms. The van der Waals surface area contributed by atoms with Crippen LogP contribution in [0.15, 0.2) is 88.6 Å². The Morgan fingerprint density at radius 3 is 1.92 bits per heavy atom. The zero-order valence-corrected chi connectivity index (χ0v) is 22.0. The van der Waals surface area contributed by atoms with E-state index in [9.17, 15) is 0 Å². The Bertz CT molecular complexity index is 1370. The third kappa shape index (κ3) is 5.47. The lowest BCUT2D eigenvalue weighted by atomic mass is 9.90. The molecule has 5 nitrogen and oxygen atoms in total. The molecule has 0 aliphatic heterocycles. The van der Waals surface area contributed by atoms with Crippen LogP contribution in [0.3, 0.4) is 0 Å². The van der Waals surface area contributed by atoms with Crippen LogP contribution < -0.4 is 9.47 Å². The van der Waals surface area contributed by atoms with Gasteiger partial charge in [-0.3, -0.25) is 0 Å². The van der Waals surface area contributed by atoms with Crippen molar-refractivity contribution in [1.29, 1.82) is 0 Å². The minimum Gasteiger partial charge on any atom is -0.497 e. The Kier molecular flexibility index (Phi) is 6.91. The lowest BCUT2D eigenvalue weighted by molar-refractivity contribution is 0.130. The topological polar surface area (TPSA) is 53.2 Å². The van der Waals surface area contributed by atoms with Crippen LogP contribution in [0.2, 0.25) is 0 Å². The molecular formula is C33H33NO4. The molecule has 0 radical (unpaired) electrons. The van der Waals surface area contributed by atoms with Gasteiger partial charge in [-0.1, -0.05) is 35.5 Å². The van der Waals surface area contributed by atoms with Gasteiger partial charge in [-0.25, -0.2) is 0 Å². The first-order valence-corrected chi connectivity index (χ1v) is 13.4. The van der Waals surface area contributed by atoms with Gasteiger partial charge in [0.15, 0.2) is 0 Å². The number of benzene rings is 3. The Morgan fingerprint density at radius 1 is 0.763 bits per heavy atom. The minimum absolute atomic E-state index is 0.339. The molecule has 0 saturated heterocycles. The highest BCUT2D eigenvalue weighted by Crippen LogP contribution is 2.46. The van der Waals surface area contributed by atoms with E-state index in [4.69, 9.17) is 23.9 Å². The Labute approximate surface area is 224 Å². The van der Waals surface area contributed by atoms with Crippen molar-refractivity contribution in [2.24, 2.45) is 5.16 Å². The van der Waals surface area contributed by atoms with Crippen molar-refractivity contribution in [2.75, 3.05) is 14.2 Å². The molecule has 2 fully saturated rings. The van der Waals surface area contributed by atoms with Gasteiger partial charge in [-0.05, 0) is 96.7 Å². The van der Waals surface area contributed by atoms with Gasteiger partial charge in [-0.2, -0.15) is 0 Å². The first kappa shape index (κ1) is 24.4. The molecule has 0 spiro atoms. The normalized spacial score (nSPS) is 14.7. The Balaban J connectivity index is 1.31. The lowest BCUT2D eigenvalue weighted by Gasteiger charge is -2.17. The highest BCUT2D eigenvalue weighted by atomic mass is 16.6. The first-order valence-electron chi connectivity index (χ1n) is 13.4. The highest BCUT2D eigenvalue weighted by Gasteiger charge is 2.32. The zero-order chi connectivity index (χ0) is 25.9. The monoisotopic (exact) mass is 507 g/mol. The number of hydrogen-bond donors (Lipinski definition) is 0. The number of ether oxygens (including phenoxy) is 2. The SMILES string of the molecule is COc1ccc(C(=NOCc2coc(Cc3ccccc3)c2)c2ccc(OC)cc2C2CC2)c(C2CC2)c1. The van der Waals surface area contributed by atoms with Gasteiger partial charge in [0.05, 0.1) is 20.5 Å². The smallest absolute Gasteiger partial charge is 0.145 e. The van der Waals surface area contributed by atoms with Crippen molar-refractivity contribution in [3.05, 3.63) is 118 Å². The maximum atomic E-state index is 6.04. The highest BCUT2D eigenvalue weighted by molar-refractivity contribution is 6.14. The molecule has 2 aliphatic rings. The van der Waals surface area contributed by atoms with Gasteiger partial charge < -0.3 is 18.7 Å². The maximum Gasteiger partial charge on any atom is 0.145 e. The fraction of sp³-hybridized carbons (Fsp3) is 0.303. The maximum absolute atomic E-state index is 6.04. The van der Waals surface area contributed by atoms with Crippen LogP contribution in [0.1, 0.15) is 76.7 Å². The number of nitrogens with zero attached hydrogens (tertiary/aromatic N) is 1. The van der Waals surface area contributed by atoms with Crippen molar-refractivity contribution >= 4 is 5.71 Å². The second-order valence-corrected chi connectivity index (χ2v) is 10.3. The fourth-order valence-electron chi connectivity index (χ4n) is 5.04. The van der Waals surface area contributed by atoms with Crippen molar-refractivity contribution in [1.82, 2.24) is 0 Å². The minimum atomic E-state index is 0.339. The second-order valence-electron chi connectivity index (χ2n) is 10.3.